The Morgan fingerprint density at radius 1 is 1.53 bits per heavy atom. The summed E-state index contributed by atoms with van der Waals surface area (Å²) in [6.45, 7) is 8.78. The molecular formula is C12H20N2S. The van der Waals surface area contributed by atoms with E-state index in [1.807, 2.05) is 11.3 Å². The lowest BCUT2D eigenvalue weighted by atomic mass is 10.1. The SMILES string of the molecule is Cc1cc(CN2CCC(CN)C2)sc1C. The highest BCUT2D eigenvalue weighted by atomic mass is 32.1. The molecule has 2 N–H and O–H groups in total. The predicted octanol–water partition coefficient (Wildman–Crippen LogP) is 2.15. The molecule has 0 amide bonds. The quantitative estimate of drug-likeness (QED) is 0.852. The van der Waals surface area contributed by atoms with Crippen molar-refractivity contribution in [1.82, 2.24) is 4.90 Å². The molecule has 3 heteroatoms. The second-order valence-electron chi connectivity index (χ2n) is 4.58. The van der Waals surface area contributed by atoms with Crippen LogP contribution in [0, 0.1) is 19.8 Å². The molecule has 1 aliphatic rings. The van der Waals surface area contributed by atoms with E-state index in [0.717, 1.165) is 19.0 Å². The van der Waals surface area contributed by atoms with E-state index in [1.165, 1.54) is 34.8 Å². The van der Waals surface area contributed by atoms with Crippen LogP contribution < -0.4 is 5.73 Å². The Kier molecular flexibility index (Phi) is 3.44. The average molecular weight is 224 g/mol. The van der Waals surface area contributed by atoms with Crippen LogP contribution in [0.25, 0.3) is 0 Å². The first-order chi connectivity index (χ1) is 7.19. The van der Waals surface area contributed by atoms with Crippen molar-refractivity contribution in [3.63, 3.8) is 0 Å². The summed E-state index contributed by atoms with van der Waals surface area (Å²) in [6, 6.07) is 2.33. The molecule has 1 atom stereocenters. The Bertz CT molecular complexity index is 313. The van der Waals surface area contributed by atoms with Crippen LogP contribution in [0.3, 0.4) is 0 Å². The largest absolute Gasteiger partial charge is 0.330 e. The number of hydrogen-bond donors (Lipinski definition) is 1. The van der Waals surface area contributed by atoms with Gasteiger partial charge in [-0.15, -0.1) is 11.3 Å². The fraction of sp³-hybridized carbons (Fsp3) is 0.667. The lowest BCUT2D eigenvalue weighted by Crippen LogP contribution is -2.22. The fourth-order valence-electron chi connectivity index (χ4n) is 2.20. The third kappa shape index (κ3) is 2.60. The van der Waals surface area contributed by atoms with Crippen LogP contribution in [-0.4, -0.2) is 24.5 Å². The van der Waals surface area contributed by atoms with Gasteiger partial charge >= 0.3 is 0 Å². The Labute approximate surface area is 96.1 Å². The molecule has 1 unspecified atom stereocenters. The molecule has 0 aromatic carbocycles. The number of rotatable bonds is 3. The molecule has 0 saturated carbocycles. The minimum Gasteiger partial charge on any atom is -0.330 e. The zero-order valence-corrected chi connectivity index (χ0v) is 10.4. The summed E-state index contributed by atoms with van der Waals surface area (Å²) in [7, 11) is 0. The molecule has 0 spiro atoms. The van der Waals surface area contributed by atoms with Gasteiger partial charge in [-0.25, -0.2) is 0 Å². The van der Waals surface area contributed by atoms with E-state index in [-0.39, 0.29) is 0 Å². The van der Waals surface area contributed by atoms with Crippen LogP contribution in [0.2, 0.25) is 0 Å². The van der Waals surface area contributed by atoms with Crippen LogP contribution in [0.15, 0.2) is 6.07 Å². The third-order valence-electron chi connectivity index (χ3n) is 3.30. The topological polar surface area (TPSA) is 29.3 Å². The van der Waals surface area contributed by atoms with Gasteiger partial charge in [-0.05, 0) is 50.9 Å². The van der Waals surface area contributed by atoms with Gasteiger partial charge < -0.3 is 5.73 Å². The Morgan fingerprint density at radius 2 is 2.33 bits per heavy atom. The predicted molar refractivity (Wildman–Crippen MR) is 66.2 cm³/mol. The second-order valence-corrected chi connectivity index (χ2v) is 5.92. The molecular weight excluding hydrogens is 204 g/mol. The minimum absolute atomic E-state index is 0.729. The van der Waals surface area contributed by atoms with E-state index < -0.39 is 0 Å². The van der Waals surface area contributed by atoms with Crippen molar-refractivity contribution in [2.75, 3.05) is 19.6 Å². The van der Waals surface area contributed by atoms with Crippen LogP contribution in [0.5, 0.6) is 0 Å². The molecule has 1 saturated heterocycles. The molecule has 0 aliphatic carbocycles. The number of thiophene rings is 1. The highest BCUT2D eigenvalue weighted by molar-refractivity contribution is 7.12. The van der Waals surface area contributed by atoms with Gasteiger partial charge in [0.15, 0.2) is 0 Å². The average Bonchev–Trinajstić information content (AvgIpc) is 2.76. The molecule has 0 bridgehead atoms. The third-order valence-corrected chi connectivity index (χ3v) is 4.44. The molecule has 84 valence electrons. The van der Waals surface area contributed by atoms with E-state index in [1.54, 1.807) is 0 Å². The lowest BCUT2D eigenvalue weighted by molar-refractivity contribution is 0.320. The Morgan fingerprint density at radius 3 is 2.87 bits per heavy atom. The van der Waals surface area contributed by atoms with Crippen LogP contribution in [0.1, 0.15) is 21.7 Å². The molecule has 2 nitrogen and oxygen atoms in total. The maximum absolute atomic E-state index is 5.69. The van der Waals surface area contributed by atoms with Gasteiger partial charge in [0.1, 0.15) is 0 Å². The summed E-state index contributed by atoms with van der Waals surface area (Å²) >= 11 is 1.94. The summed E-state index contributed by atoms with van der Waals surface area (Å²) in [5, 5.41) is 0. The molecule has 1 aliphatic heterocycles. The second kappa shape index (κ2) is 4.64. The highest BCUT2D eigenvalue weighted by Gasteiger charge is 2.21. The number of nitrogens with zero attached hydrogens (tertiary/aromatic N) is 1. The van der Waals surface area contributed by atoms with Crippen LogP contribution in [0.4, 0.5) is 0 Å². The van der Waals surface area contributed by atoms with E-state index in [4.69, 9.17) is 5.73 Å². The monoisotopic (exact) mass is 224 g/mol. The summed E-state index contributed by atoms with van der Waals surface area (Å²) in [6.07, 6.45) is 1.28. The van der Waals surface area contributed by atoms with Crippen molar-refractivity contribution in [1.29, 1.82) is 0 Å². The van der Waals surface area contributed by atoms with Gasteiger partial charge in [-0.3, -0.25) is 4.90 Å². The van der Waals surface area contributed by atoms with Crippen molar-refractivity contribution in [2.24, 2.45) is 11.7 Å². The van der Waals surface area contributed by atoms with Gasteiger partial charge in [0.05, 0.1) is 0 Å². The van der Waals surface area contributed by atoms with E-state index in [2.05, 4.69) is 24.8 Å². The first-order valence-electron chi connectivity index (χ1n) is 5.67. The summed E-state index contributed by atoms with van der Waals surface area (Å²) in [5.74, 6) is 0.729. The number of aryl methyl sites for hydroxylation is 2. The molecule has 15 heavy (non-hydrogen) atoms. The van der Waals surface area contributed by atoms with Crippen LogP contribution >= 0.6 is 11.3 Å². The zero-order chi connectivity index (χ0) is 10.8. The summed E-state index contributed by atoms with van der Waals surface area (Å²) < 4.78 is 0. The molecule has 2 heterocycles. The van der Waals surface area contributed by atoms with E-state index >= 15 is 0 Å². The van der Waals surface area contributed by atoms with Gasteiger partial charge in [0.25, 0.3) is 0 Å². The Hall–Kier alpha value is -0.380. The van der Waals surface area contributed by atoms with Crippen LogP contribution in [-0.2, 0) is 6.54 Å². The number of hydrogen-bond acceptors (Lipinski definition) is 3. The maximum atomic E-state index is 5.69. The lowest BCUT2D eigenvalue weighted by Gasteiger charge is -2.13. The highest BCUT2D eigenvalue weighted by Crippen LogP contribution is 2.24. The normalized spacial score (nSPS) is 22.5. The standard InChI is InChI=1S/C12H20N2S/c1-9-5-12(15-10(9)2)8-14-4-3-11(6-13)7-14/h5,11H,3-4,6-8,13H2,1-2H3. The molecule has 2 rings (SSSR count). The first-order valence-corrected chi connectivity index (χ1v) is 6.49. The molecule has 1 aromatic rings. The molecule has 1 fully saturated rings. The van der Waals surface area contributed by atoms with E-state index in [0.29, 0.717) is 0 Å². The van der Waals surface area contributed by atoms with Crippen molar-refractivity contribution >= 4 is 11.3 Å². The van der Waals surface area contributed by atoms with Gasteiger partial charge in [0, 0.05) is 22.8 Å². The van der Waals surface area contributed by atoms with Crippen molar-refractivity contribution in [3.05, 3.63) is 21.4 Å². The molecule has 1 aromatic heterocycles. The van der Waals surface area contributed by atoms with Crippen molar-refractivity contribution in [3.8, 4) is 0 Å². The van der Waals surface area contributed by atoms with E-state index in [9.17, 15) is 0 Å². The summed E-state index contributed by atoms with van der Waals surface area (Å²) in [5.41, 5.74) is 7.13. The van der Waals surface area contributed by atoms with Gasteiger partial charge in [-0.2, -0.15) is 0 Å². The minimum atomic E-state index is 0.729. The summed E-state index contributed by atoms with van der Waals surface area (Å²) in [4.78, 5) is 5.49. The molecule has 0 radical (unpaired) electrons. The Balaban J connectivity index is 1.92. The number of nitrogens with two attached hydrogens (primary N) is 1. The maximum Gasteiger partial charge on any atom is 0.0328 e. The van der Waals surface area contributed by atoms with Crippen molar-refractivity contribution in [2.45, 2.75) is 26.8 Å². The van der Waals surface area contributed by atoms with Gasteiger partial charge in [-0.1, -0.05) is 0 Å². The van der Waals surface area contributed by atoms with Crippen molar-refractivity contribution < 1.29 is 0 Å². The zero-order valence-electron chi connectivity index (χ0n) is 9.62. The fourth-order valence-corrected chi connectivity index (χ4v) is 3.29. The number of likely N-dealkylation sites (tertiary alicyclic amines) is 1. The smallest absolute Gasteiger partial charge is 0.0328 e. The van der Waals surface area contributed by atoms with Gasteiger partial charge in [0.2, 0.25) is 0 Å². The first kappa shape index (κ1) is 11.1.